The molecule has 0 radical (unpaired) electrons. The van der Waals surface area contributed by atoms with Crippen LogP contribution in [0.3, 0.4) is 0 Å². The van der Waals surface area contributed by atoms with Gasteiger partial charge in [-0.25, -0.2) is 0 Å². The van der Waals surface area contributed by atoms with E-state index in [0.717, 1.165) is 11.1 Å². The lowest BCUT2D eigenvalue weighted by atomic mass is 9.95. The summed E-state index contributed by atoms with van der Waals surface area (Å²) in [6, 6.07) is 12.7. The van der Waals surface area contributed by atoms with E-state index in [9.17, 15) is 28.8 Å². The highest BCUT2D eigenvalue weighted by molar-refractivity contribution is 5.98. The average molecular weight is 745 g/mol. The summed E-state index contributed by atoms with van der Waals surface area (Å²) >= 11 is 0. The standard InChI is InChI=1S/C40H56N8O6/c1-4-26(2)34-40(54)48-25-42-21-19-32(48)37(51)43-29(17-11-20-41)38(52)46(3)33(24-28-15-9-6-10-16-28)39(53)47-22-12-18-31(47)36(50)44-30(35(49)45-34)23-27-13-7-5-8-14-27/h5-10,13-16,26,29-34,42H,4,11-12,17-25,41H2,1-3H3,(H,43,51)(H,44,50)(H,45,49)/t26-,29+,30-,31+,32-,33-,34-/m1/s1. The highest BCUT2D eigenvalue weighted by Crippen LogP contribution is 2.24. The number of hydrogen-bond donors (Lipinski definition) is 5. The molecule has 0 aromatic heterocycles. The Kier molecular flexibility index (Phi) is 14.2. The zero-order valence-corrected chi connectivity index (χ0v) is 31.7. The van der Waals surface area contributed by atoms with E-state index in [1.54, 1.807) is 7.05 Å². The predicted molar refractivity (Wildman–Crippen MR) is 203 cm³/mol. The highest BCUT2D eigenvalue weighted by Gasteiger charge is 2.44. The van der Waals surface area contributed by atoms with Crippen molar-refractivity contribution in [3.8, 4) is 0 Å². The maximum Gasteiger partial charge on any atom is 0.247 e. The van der Waals surface area contributed by atoms with Gasteiger partial charge >= 0.3 is 0 Å². The molecule has 3 fully saturated rings. The van der Waals surface area contributed by atoms with Gasteiger partial charge in [-0.05, 0) is 62.2 Å². The van der Waals surface area contributed by atoms with Gasteiger partial charge in [0.05, 0.1) is 6.67 Å². The van der Waals surface area contributed by atoms with Gasteiger partial charge in [0.15, 0.2) is 0 Å². The minimum absolute atomic E-state index is 0.0659. The normalized spacial score (nSPS) is 26.9. The van der Waals surface area contributed by atoms with Crippen LogP contribution in [0.2, 0.25) is 0 Å². The maximum atomic E-state index is 14.6. The van der Waals surface area contributed by atoms with E-state index < -0.39 is 71.7 Å². The molecule has 54 heavy (non-hydrogen) atoms. The summed E-state index contributed by atoms with van der Waals surface area (Å²) in [7, 11) is 1.55. The van der Waals surface area contributed by atoms with Gasteiger partial charge in [0.2, 0.25) is 35.4 Å². The maximum absolute atomic E-state index is 14.6. The Balaban J connectivity index is 1.58. The summed E-state index contributed by atoms with van der Waals surface area (Å²) in [5.41, 5.74) is 7.49. The van der Waals surface area contributed by atoms with Gasteiger partial charge in [-0.15, -0.1) is 0 Å². The number of carbonyl (C=O) groups excluding carboxylic acids is 6. The third-order valence-corrected chi connectivity index (χ3v) is 11.1. The molecule has 5 rings (SSSR count). The van der Waals surface area contributed by atoms with Crippen molar-refractivity contribution in [1.82, 2.24) is 36.0 Å². The Morgan fingerprint density at radius 1 is 0.741 bits per heavy atom. The summed E-state index contributed by atoms with van der Waals surface area (Å²) in [5.74, 6) is -3.13. The molecule has 0 unspecified atom stereocenters. The summed E-state index contributed by atoms with van der Waals surface area (Å²) in [4.78, 5) is 90.5. The number of fused-ring (bicyclic) bond motifs is 2. The van der Waals surface area contributed by atoms with Crippen LogP contribution in [-0.4, -0.2) is 120 Å². The van der Waals surface area contributed by atoms with E-state index in [-0.39, 0.29) is 44.8 Å². The van der Waals surface area contributed by atoms with Gasteiger partial charge in [-0.3, -0.25) is 34.1 Å². The molecule has 3 heterocycles. The minimum atomic E-state index is -1.07. The van der Waals surface area contributed by atoms with E-state index in [2.05, 4.69) is 21.3 Å². The number of nitrogens with one attached hydrogen (secondary N) is 4. The van der Waals surface area contributed by atoms with Gasteiger partial charge < -0.3 is 36.4 Å². The van der Waals surface area contributed by atoms with Crippen molar-refractivity contribution in [3.05, 3.63) is 71.8 Å². The average Bonchev–Trinajstić information content (AvgIpc) is 3.70. The van der Waals surface area contributed by atoms with E-state index in [0.29, 0.717) is 38.8 Å². The Morgan fingerprint density at radius 3 is 1.98 bits per heavy atom. The van der Waals surface area contributed by atoms with Crippen molar-refractivity contribution in [1.29, 1.82) is 0 Å². The molecule has 3 aliphatic heterocycles. The molecule has 6 N–H and O–H groups in total. The van der Waals surface area contributed by atoms with E-state index in [4.69, 9.17) is 5.73 Å². The fraction of sp³-hybridized carbons (Fsp3) is 0.550. The lowest BCUT2D eigenvalue weighted by Crippen LogP contribution is -2.65. The number of nitrogens with two attached hydrogens (primary N) is 1. The molecule has 7 atom stereocenters. The third kappa shape index (κ3) is 9.64. The summed E-state index contributed by atoms with van der Waals surface area (Å²) in [6.45, 7) is 4.87. The molecule has 14 nitrogen and oxygen atoms in total. The van der Waals surface area contributed by atoms with Crippen LogP contribution in [0.4, 0.5) is 0 Å². The fourth-order valence-corrected chi connectivity index (χ4v) is 7.62. The lowest BCUT2D eigenvalue weighted by molar-refractivity contribution is -0.150. The number of likely N-dealkylation sites (N-methyl/N-ethyl adjacent to an activating group) is 1. The molecule has 0 spiro atoms. The summed E-state index contributed by atoms with van der Waals surface area (Å²) in [6.07, 6.45) is 2.74. The molecular weight excluding hydrogens is 688 g/mol. The van der Waals surface area contributed by atoms with Crippen molar-refractivity contribution in [2.24, 2.45) is 11.7 Å². The van der Waals surface area contributed by atoms with Crippen LogP contribution in [0.25, 0.3) is 0 Å². The first kappa shape index (κ1) is 40.4. The van der Waals surface area contributed by atoms with E-state index >= 15 is 0 Å². The quantitative estimate of drug-likeness (QED) is 0.248. The first-order valence-electron chi connectivity index (χ1n) is 19.3. The Hall–Kier alpha value is -4.82. The first-order valence-corrected chi connectivity index (χ1v) is 19.3. The Labute approximate surface area is 317 Å². The highest BCUT2D eigenvalue weighted by atomic mass is 16.2. The Bertz CT molecular complexity index is 1630. The molecule has 6 amide bonds. The SMILES string of the molecule is CC[C@@H](C)[C@H]1NC(=O)[C@@H](Cc2ccccc2)NC(=O)[C@@H]2CCCN2C(=O)[C@@H](Cc2ccccc2)N(C)C(=O)[C@H](CCCN)NC(=O)[C@H]2CCNCN2C1=O. The molecule has 3 saturated heterocycles. The van der Waals surface area contributed by atoms with Gasteiger partial charge in [0.1, 0.15) is 36.3 Å². The molecule has 2 aromatic rings. The van der Waals surface area contributed by atoms with Gasteiger partial charge in [-0.1, -0.05) is 80.9 Å². The fourth-order valence-electron chi connectivity index (χ4n) is 7.62. The van der Waals surface area contributed by atoms with Crippen molar-refractivity contribution in [2.45, 2.75) is 101 Å². The van der Waals surface area contributed by atoms with E-state index in [1.165, 1.54) is 14.7 Å². The molecule has 0 aliphatic carbocycles. The van der Waals surface area contributed by atoms with Gasteiger partial charge in [-0.2, -0.15) is 0 Å². The molecule has 0 bridgehead atoms. The molecule has 0 saturated carbocycles. The smallest absolute Gasteiger partial charge is 0.247 e. The zero-order chi connectivity index (χ0) is 38.8. The van der Waals surface area contributed by atoms with Crippen LogP contribution in [0.1, 0.15) is 63.5 Å². The summed E-state index contributed by atoms with van der Waals surface area (Å²) < 4.78 is 0. The van der Waals surface area contributed by atoms with Crippen molar-refractivity contribution >= 4 is 35.4 Å². The monoisotopic (exact) mass is 744 g/mol. The van der Waals surface area contributed by atoms with E-state index in [1.807, 2.05) is 74.5 Å². The number of amides is 6. The second kappa shape index (κ2) is 19.0. The van der Waals surface area contributed by atoms with Crippen LogP contribution < -0.4 is 27.0 Å². The third-order valence-electron chi connectivity index (χ3n) is 11.1. The molecule has 2 aromatic carbocycles. The van der Waals surface area contributed by atoms with Crippen molar-refractivity contribution < 1.29 is 28.8 Å². The second-order valence-corrected chi connectivity index (χ2v) is 14.7. The number of nitrogens with zero attached hydrogens (tertiary/aromatic N) is 3. The van der Waals surface area contributed by atoms with Crippen molar-refractivity contribution in [3.63, 3.8) is 0 Å². The molecule has 3 aliphatic rings. The zero-order valence-electron chi connectivity index (χ0n) is 31.7. The molecule has 292 valence electrons. The second-order valence-electron chi connectivity index (χ2n) is 14.7. The van der Waals surface area contributed by atoms with Crippen LogP contribution >= 0.6 is 0 Å². The Morgan fingerprint density at radius 2 is 1.35 bits per heavy atom. The van der Waals surface area contributed by atoms with Gasteiger partial charge in [0.25, 0.3) is 0 Å². The van der Waals surface area contributed by atoms with Gasteiger partial charge in [0, 0.05) is 26.4 Å². The lowest BCUT2D eigenvalue weighted by Gasteiger charge is -2.40. The predicted octanol–water partition coefficient (Wildman–Crippen LogP) is 0.691. The van der Waals surface area contributed by atoms with Crippen LogP contribution in [0, 0.1) is 5.92 Å². The topological polar surface area (TPSA) is 186 Å². The minimum Gasteiger partial charge on any atom is -0.343 e. The largest absolute Gasteiger partial charge is 0.343 e. The molecule has 14 heteroatoms. The number of benzene rings is 2. The van der Waals surface area contributed by atoms with Crippen LogP contribution in [0.5, 0.6) is 0 Å². The number of rotatable bonds is 9. The first-order chi connectivity index (χ1) is 26.0. The number of carbonyl (C=O) groups is 6. The number of hydrogen-bond acceptors (Lipinski definition) is 8. The molecular formula is C40H56N8O6. The summed E-state index contributed by atoms with van der Waals surface area (Å²) in [5, 5.41) is 12.0. The van der Waals surface area contributed by atoms with Crippen LogP contribution in [0.15, 0.2) is 60.7 Å². The van der Waals surface area contributed by atoms with Crippen LogP contribution in [-0.2, 0) is 41.6 Å². The van der Waals surface area contributed by atoms with Crippen molar-refractivity contribution in [2.75, 3.05) is 33.4 Å².